The van der Waals surface area contributed by atoms with Crippen molar-refractivity contribution in [2.75, 3.05) is 36.4 Å². The summed E-state index contributed by atoms with van der Waals surface area (Å²) in [5.41, 5.74) is 1.73. The van der Waals surface area contributed by atoms with Gasteiger partial charge in [0.1, 0.15) is 11.9 Å². The maximum absolute atomic E-state index is 13.1. The molecule has 0 aliphatic carbocycles. The SMILES string of the molecule is O=C1N[C@H](CC(=O)N2CCN(c3ccc(F)cc3)CC2)C(=O)Nc2ccccc21. The number of rotatable bonds is 3. The zero-order valence-electron chi connectivity index (χ0n) is 15.7. The number of carbonyl (C=O) groups is 3. The van der Waals surface area contributed by atoms with Gasteiger partial charge >= 0.3 is 0 Å². The number of para-hydroxylation sites is 1. The Kier molecular flexibility index (Phi) is 5.16. The van der Waals surface area contributed by atoms with Crippen LogP contribution in [0, 0.1) is 5.82 Å². The van der Waals surface area contributed by atoms with Gasteiger partial charge in [-0.05, 0) is 36.4 Å². The Balaban J connectivity index is 1.36. The summed E-state index contributed by atoms with van der Waals surface area (Å²) in [4.78, 5) is 41.3. The van der Waals surface area contributed by atoms with Crippen LogP contribution in [0.4, 0.5) is 15.8 Å². The maximum atomic E-state index is 13.1. The van der Waals surface area contributed by atoms with E-state index in [-0.39, 0.29) is 24.1 Å². The van der Waals surface area contributed by atoms with Crippen molar-refractivity contribution in [2.45, 2.75) is 12.5 Å². The van der Waals surface area contributed by atoms with E-state index in [1.54, 1.807) is 41.3 Å². The molecule has 0 bridgehead atoms. The van der Waals surface area contributed by atoms with Crippen LogP contribution >= 0.6 is 0 Å². The molecule has 0 radical (unpaired) electrons. The van der Waals surface area contributed by atoms with Crippen LogP contribution in [0.1, 0.15) is 16.8 Å². The highest BCUT2D eigenvalue weighted by atomic mass is 19.1. The fourth-order valence-electron chi connectivity index (χ4n) is 3.62. The van der Waals surface area contributed by atoms with E-state index < -0.39 is 11.9 Å². The van der Waals surface area contributed by atoms with Gasteiger partial charge in [0, 0.05) is 31.9 Å². The summed E-state index contributed by atoms with van der Waals surface area (Å²) in [5.74, 6) is -1.25. The van der Waals surface area contributed by atoms with E-state index in [2.05, 4.69) is 15.5 Å². The molecule has 2 aliphatic rings. The molecule has 150 valence electrons. The minimum absolute atomic E-state index is 0.0951. The normalized spacial score (nSPS) is 19.1. The molecule has 29 heavy (non-hydrogen) atoms. The van der Waals surface area contributed by atoms with Gasteiger partial charge in [-0.25, -0.2) is 4.39 Å². The quantitative estimate of drug-likeness (QED) is 0.826. The van der Waals surface area contributed by atoms with Crippen LogP contribution in [0.5, 0.6) is 0 Å². The zero-order chi connectivity index (χ0) is 20.4. The largest absolute Gasteiger partial charge is 0.368 e. The minimum Gasteiger partial charge on any atom is -0.368 e. The van der Waals surface area contributed by atoms with Gasteiger partial charge < -0.3 is 20.4 Å². The lowest BCUT2D eigenvalue weighted by molar-refractivity contribution is -0.134. The molecule has 2 aromatic rings. The molecule has 2 N–H and O–H groups in total. The van der Waals surface area contributed by atoms with Crippen LogP contribution < -0.4 is 15.5 Å². The summed E-state index contributed by atoms with van der Waals surface area (Å²) in [6.45, 7) is 2.23. The van der Waals surface area contributed by atoms with E-state index in [4.69, 9.17) is 0 Å². The Morgan fingerprint density at radius 1 is 1.00 bits per heavy atom. The fourth-order valence-corrected chi connectivity index (χ4v) is 3.62. The van der Waals surface area contributed by atoms with Crippen LogP contribution in [-0.4, -0.2) is 54.8 Å². The van der Waals surface area contributed by atoms with Gasteiger partial charge in [0.15, 0.2) is 0 Å². The summed E-state index contributed by atoms with van der Waals surface area (Å²) in [5, 5.41) is 5.36. The van der Waals surface area contributed by atoms with E-state index in [1.807, 2.05) is 0 Å². The fraction of sp³-hybridized carbons (Fsp3) is 0.286. The van der Waals surface area contributed by atoms with E-state index in [0.717, 1.165) is 5.69 Å². The highest BCUT2D eigenvalue weighted by Crippen LogP contribution is 2.20. The van der Waals surface area contributed by atoms with Crippen molar-refractivity contribution < 1.29 is 18.8 Å². The Morgan fingerprint density at radius 3 is 2.41 bits per heavy atom. The van der Waals surface area contributed by atoms with E-state index >= 15 is 0 Å². The van der Waals surface area contributed by atoms with Gasteiger partial charge in [0.05, 0.1) is 17.7 Å². The predicted molar refractivity (Wildman–Crippen MR) is 106 cm³/mol. The lowest BCUT2D eigenvalue weighted by Crippen LogP contribution is -2.51. The van der Waals surface area contributed by atoms with Gasteiger partial charge in [-0.1, -0.05) is 12.1 Å². The number of anilines is 2. The topological polar surface area (TPSA) is 81.8 Å². The lowest BCUT2D eigenvalue weighted by Gasteiger charge is -2.36. The number of piperazine rings is 1. The van der Waals surface area contributed by atoms with Crippen molar-refractivity contribution in [2.24, 2.45) is 0 Å². The Labute approximate surface area is 167 Å². The second-order valence-corrected chi connectivity index (χ2v) is 7.11. The third-order valence-electron chi connectivity index (χ3n) is 5.25. The lowest BCUT2D eigenvalue weighted by atomic mass is 10.1. The predicted octanol–water partition coefficient (Wildman–Crippen LogP) is 1.62. The average Bonchev–Trinajstić information content (AvgIpc) is 2.85. The number of carbonyl (C=O) groups excluding carboxylic acids is 3. The van der Waals surface area contributed by atoms with Crippen molar-refractivity contribution in [1.29, 1.82) is 0 Å². The summed E-state index contributed by atoms with van der Waals surface area (Å²) < 4.78 is 13.1. The highest BCUT2D eigenvalue weighted by Gasteiger charge is 2.31. The van der Waals surface area contributed by atoms with E-state index in [9.17, 15) is 18.8 Å². The number of nitrogens with one attached hydrogen (secondary N) is 2. The molecule has 0 unspecified atom stereocenters. The number of hydrogen-bond acceptors (Lipinski definition) is 4. The Hall–Kier alpha value is -3.42. The number of fused-ring (bicyclic) bond motifs is 1. The van der Waals surface area contributed by atoms with Gasteiger partial charge in [0.25, 0.3) is 5.91 Å². The highest BCUT2D eigenvalue weighted by molar-refractivity contribution is 6.10. The number of amides is 3. The smallest absolute Gasteiger partial charge is 0.254 e. The molecule has 0 aromatic heterocycles. The molecule has 0 spiro atoms. The van der Waals surface area contributed by atoms with Crippen molar-refractivity contribution in [3.63, 3.8) is 0 Å². The van der Waals surface area contributed by atoms with Gasteiger partial charge in [-0.3, -0.25) is 14.4 Å². The average molecular weight is 396 g/mol. The molecule has 3 amide bonds. The second-order valence-electron chi connectivity index (χ2n) is 7.11. The van der Waals surface area contributed by atoms with Crippen LogP contribution in [0.2, 0.25) is 0 Å². The zero-order valence-corrected chi connectivity index (χ0v) is 15.7. The first-order valence-electron chi connectivity index (χ1n) is 9.50. The standard InChI is InChI=1S/C21H21FN4O3/c22-14-5-7-15(8-6-14)25-9-11-26(12-10-25)19(27)13-18-21(29)23-17-4-2-1-3-16(17)20(28)24-18/h1-8,18H,9-13H2,(H,23,29)(H,24,28)/t18-/m1/s1. The molecule has 1 saturated heterocycles. The Bertz CT molecular complexity index is 939. The van der Waals surface area contributed by atoms with Crippen molar-refractivity contribution in [3.05, 3.63) is 59.9 Å². The minimum atomic E-state index is -0.919. The maximum Gasteiger partial charge on any atom is 0.254 e. The summed E-state index contributed by atoms with van der Waals surface area (Å²) in [7, 11) is 0. The molecule has 1 fully saturated rings. The van der Waals surface area contributed by atoms with Crippen molar-refractivity contribution in [3.8, 4) is 0 Å². The van der Waals surface area contributed by atoms with Crippen LogP contribution in [0.3, 0.4) is 0 Å². The third kappa shape index (κ3) is 4.06. The number of halogens is 1. The van der Waals surface area contributed by atoms with Crippen LogP contribution in [-0.2, 0) is 9.59 Å². The van der Waals surface area contributed by atoms with E-state index in [0.29, 0.717) is 37.4 Å². The van der Waals surface area contributed by atoms with Gasteiger partial charge in [0.2, 0.25) is 11.8 Å². The Morgan fingerprint density at radius 2 is 1.69 bits per heavy atom. The van der Waals surface area contributed by atoms with E-state index in [1.165, 1.54) is 12.1 Å². The molecule has 0 saturated carbocycles. The molecule has 2 aliphatic heterocycles. The molecule has 8 heteroatoms. The van der Waals surface area contributed by atoms with Crippen molar-refractivity contribution >= 4 is 29.1 Å². The number of nitrogens with zero attached hydrogens (tertiary/aromatic N) is 2. The molecule has 1 atom stereocenters. The monoisotopic (exact) mass is 396 g/mol. The summed E-state index contributed by atoms with van der Waals surface area (Å²) in [6.07, 6.45) is -0.0951. The molecular weight excluding hydrogens is 375 g/mol. The molecule has 2 aromatic carbocycles. The first-order valence-corrected chi connectivity index (χ1v) is 9.50. The molecule has 7 nitrogen and oxygen atoms in total. The van der Waals surface area contributed by atoms with Crippen molar-refractivity contribution in [1.82, 2.24) is 10.2 Å². The van der Waals surface area contributed by atoms with Gasteiger partial charge in [-0.15, -0.1) is 0 Å². The first kappa shape index (κ1) is 18.9. The summed E-state index contributed by atoms with van der Waals surface area (Å²) >= 11 is 0. The van der Waals surface area contributed by atoms with Crippen LogP contribution in [0.15, 0.2) is 48.5 Å². The number of hydrogen-bond donors (Lipinski definition) is 2. The van der Waals surface area contributed by atoms with Crippen LogP contribution in [0.25, 0.3) is 0 Å². The molecule has 4 rings (SSSR count). The third-order valence-corrected chi connectivity index (χ3v) is 5.25. The summed E-state index contributed by atoms with van der Waals surface area (Å²) in [6, 6.07) is 12.1. The number of benzene rings is 2. The van der Waals surface area contributed by atoms with Gasteiger partial charge in [-0.2, -0.15) is 0 Å². The molecule has 2 heterocycles. The second kappa shape index (κ2) is 7.90. The molecular formula is C21H21FN4O3. The first-order chi connectivity index (χ1) is 14.0.